The molecule has 0 unspecified atom stereocenters. The molecule has 0 saturated carbocycles. The number of halogens is 1. The summed E-state index contributed by atoms with van der Waals surface area (Å²) in [6.45, 7) is 1.86. The smallest absolute Gasteiger partial charge is 0.270 e. The topological polar surface area (TPSA) is 40.4 Å². The van der Waals surface area contributed by atoms with Crippen LogP contribution in [0.2, 0.25) is 5.02 Å². The summed E-state index contributed by atoms with van der Waals surface area (Å²) < 4.78 is 5.07. The Morgan fingerprint density at radius 2 is 2.06 bits per heavy atom. The van der Waals surface area contributed by atoms with Gasteiger partial charge in [-0.25, -0.2) is 5.32 Å². The van der Waals surface area contributed by atoms with E-state index in [9.17, 15) is 4.79 Å². The summed E-state index contributed by atoms with van der Waals surface area (Å²) in [5, 5.41) is 4.45. The molecule has 4 heteroatoms. The standard InChI is InChI=1S/C13H11ClNO2/c1-8-5-11(15-13(16)6-8)9-3-4-12(17-2)10(14)7-9/h3-7H,1-2H3. The molecule has 1 aliphatic rings. The van der Waals surface area contributed by atoms with Crippen molar-refractivity contribution in [2.75, 3.05) is 7.11 Å². The second kappa shape index (κ2) is 4.63. The molecule has 1 amide bonds. The van der Waals surface area contributed by atoms with Gasteiger partial charge in [-0.1, -0.05) is 11.6 Å². The molecule has 1 aromatic carbocycles. The molecule has 0 aromatic heterocycles. The second-order valence-corrected chi connectivity index (χ2v) is 4.12. The van der Waals surface area contributed by atoms with E-state index in [-0.39, 0.29) is 5.91 Å². The van der Waals surface area contributed by atoms with E-state index in [4.69, 9.17) is 16.3 Å². The molecule has 0 fully saturated rings. The highest BCUT2D eigenvalue weighted by Crippen LogP contribution is 2.28. The quantitative estimate of drug-likeness (QED) is 0.808. The molecular formula is C13H11ClNO2. The highest BCUT2D eigenvalue weighted by molar-refractivity contribution is 6.32. The van der Waals surface area contributed by atoms with Crippen molar-refractivity contribution in [1.29, 1.82) is 0 Å². The molecule has 0 atom stereocenters. The van der Waals surface area contributed by atoms with E-state index in [1.165, 1.54) is 6.08 Å². The molecule has 1 radical (unpaired) electrons. The third-order valence-electron chi connectivity index (χ3n) is 2.39. The van der Waals surface area contributed by atoms with Crippen LogP contribution < -0.4 is 10.1 Å². The first kappa shape index (κ1) is 11.7. The highest BCUT2D eigenvalue weighted by Gasteiger charge is 2.14. The van der Waals surface area contributed by atoms with E-state index in [0.29, 0.717) is 16.5 Å². The van der Waals surface area contributed by atoms with Gasteiger partial charge in [-0.05, 0) is 36.8 Å². The number of carbonyl (C=O) groups is 1. The zero-order valence-electron chi connectivity index (χ0n) is 9.53. The minimum absolute atomic E-state index is 0.244. The van der Waals surface area contributed by atoms with Crippen LogP contribution >= 0.6 is 11.6 Å². The van der Waals surface area contributed by atoms with Crippen LogP contribution in [0.3, 0.4) is 0 Å². The molecule has 0 saturated heterocycles. The monoisotopic (exact) mass is 248 g/mol. The van der Waals surface area contributed by atoms with Crippen molar-refractivity contribution >= 4 is 23.2 Å². The summed E-state index contributed by atoms with van der Waals surface area (Å²) >= 11 is 6.03. The van der Waals surface area contributed by atoms with Gasteiger partial charge >= 0.3 is 0 Å². The van der Waals surface area contributed by atoms with Crippen molar-refractivity contribution < 1.29 is 9.53 Å². The predicted octanol–water partition coefficient (Wildman–Crippen LogP) is 2.78. The summed E-state index contributed by atoms with van der Waals surface area (Å²) in [5.74, 6) is 0.359. The van der Waals surface area contributed by atoms with Crippen LogP contribution in [0, 0.1) is 0 Å². The molecule has 2 rings (SSSR count). The zero-order chi connectivity index (χ0) is 12.4. The van der Waals surface area contributed by atoms with Crippen molar-refractivity contribution in [3.8, 4) is 5.75 Å². The number of allylic oxidation sites excluding steroid dienone is 2. The Labute approximate surface area is 105 Å². The molecule has 0 N–H and O–H groups in total. The first-order valence-corrected chi connectivity index (χ1v) is 5.47. The predicted molar refractivity (Wildman–Crippen MR) is 66.9 cm³/mol. The lowest BCUT2D eigenvalue weighted by molar-refractivity contribution is -0.115. The van der Waals surface area contributed by atoms with Gasteiger partial charge in [0.15, 0.2) is 0 Å². The van der Waals surface area contributed by atoms with Crippen LogP contribution in [0.5, 0.6) is 5.75 Å². The first-order valence-electron chi connectivity index (χ1n) is 5.10. The van der Waals surface area contributed by atoms with Gasteiger partial charge in [-0.2, -0.15) is 0 Å². The summed E-state index contributed by atoms with van der Waals surface area (Å²) in [6.07, 6.45) is 3.34. The maximum absolute atomic E-state index is 11.3. The van der Waals surface area contributed by atoms with E-state index < -0.39 is 0 Å². The fourth-order valence-corrected chi connectivity index (χ4v) is 1.87. The number of methoxy groups -OCH3 is 1. The number of hydrogen-bond donors (Lipinski definition) is 0. The van der Waals surface area contributed by atoms with E-state index in [2.05, 4.69) is 5.32 Å². The zero-order valence-corrected chi connectivity index (χ0v) is 10.3. The molecular weight excluding hydrogens is 238 g/mol. The Balaban J connectivity index is 2.38. The minimum atomic E-state index is -0.244. The molecule has 0 aliphatic carbocycles. The van der Waals surface area contributed by atoms with Crippen LogP contribution in [0.15, 0.2) is 35.9 Å². The van der Waals surface area contributed by atoms with Crippen LogP contribution in [0.4, 0.5) is 0 Å². The Kier molecular flexibility index (Phi) is 3.20. The highest BCUT2D eigenvalue weighted by atomic mass is 35.5. The van der Waals surface area contributed by atoms with Gasteiger partial charge in [0.1, 0.15) is 5.75 Å². The lowest BCUT2D eigenvalue weighted by Gasteiger charge is -2.12. The molecule has 0 spiro atoms. The number of benzene rings is 1. The van der Waals surface area contributed by atoms with Crippen LogP contribution in [-0.2, 0) is 4.79 Å². The molecule has 1 aliphatic heterocycles. The molecule has 17 heavy (non-hydrogen) atoms. The van der Waals surface area contributed by atoms with Gasteiger partial charge in [-0.15, -0.1) is 0 Å². The minimum Gasteiger partial charge on any atom is -0.495 e. The number of hydrogen-bond acceptors (Lipinski definition) is 2. The summed E-state index contributed by atoms with van der Waals surface area (Å²) in [6, 6.07) is 5.32. The van der Waals surface area contributed by atoms with Gasteiger partial charge in [0.25, 0.3) is 5.91 Å². The van der Waals surface area contributed by atoms with Crippen molar-refractivity contribution in [2.24, 2.45) is 0 Å². The van der Waals surface area contributed by atoms with Crippen LogP contribution in [0.1, 0.15) is 12.5 Å². The maximum atomic E-state index is 11.3. The lowest BCUT2D eigenvalue weighted by Crippen LogP contribution is -2.15. The number of amides is 1. The summed E-state index contributed by atoms with van der Waals surface area (Å²) in [4.78, 5) is 11.3. The molecule has 1 heterocycles. The average molecular weight is 249 g/mol. The molecule has 0 bridgehead atoms. The number of ether oxygens (including phenoxy) is 1. The fraction of sp³-hybridized carbons (Fsp3) is 0.154. The van der Waals surface area contributed by atoms with Crippen LogP contribution in [0.25, 0.3) is 5.70 Å². The van der Waals surface area contributed by atoms with E-state index in [0.717, 1.165) is 11.1 Å². The van der Waals surface area contributed by atoms with Crippen molar-refractivity contribution in [3.63, 3.8) is 0 Å². The Bertz CT molecular complexity index is 532. The van der Waals surface area contributed by atoms with Gasteiger partial charge in [0, 0.05) is 11.6 Å². The van der Waals surface area contributed by atoms with Gasteiger partial charge < -0.3 is 4.74 Å². The summed E-state index contributed by atoms with van der Waals surface area (Å²) in [5.41, 5.74) is 2.31. The Morgan fingerprint density at radius 1 is 1.29 bits per heavy atom. The van der Waals surface area contributed by atoms with Gasteiger partial charge in [-0.3, -0.25) is 4.79 Å². The Morgan fingerprint density at radius 3 is 2.65 bits per heavy atom. The SMILES string of the molecule is COc1ccc(C2=CC(C)=CC(=O)[N]2)cc1Cl. The van der Waals surface area contributed by atoms with E-state index >= 15 is 0 Å². The average Bonchev–Trinajstić information content (AvgIpc) is 2.27. The number of rotatable bonds is 2. The molecule has 87 valence electrons. The normalized spacial score (nSPS) is 14.9. The third kappa shape index (κ3) is 2.50. The van der Waals surface area contributed by atoms with E-state index in [1.54, 1.807) is 19.2 Å². The van der Waals surface area contributed by atoms with E-state index in [1.807, 2.05) is 19.1 Å². The first-order chi connectivity index (χ1) is 8.10. The second-order valence-electron chi connectivity index (χ2n) is 3.72. The lowest BCUT2D eigenvalue weighted by atomic mass is 10.1. The van der Waals surface area contributed by atoms with Crippen LogP contribution in [-0.4, -0.2) is 13.0 Å². The number of nitrogens with zero attached hydrogens (tertiary/aromatic N) is 1. The molecule has 1 aromatic rings. The number of carbonyl (C=O) groups excluding carboxylic acids is 1. The van der Waals surface area contributed by atoms with Gasteiger partial charge in [0.05, 0.1) is 17.8 Å². The summed E-state index contributed by atoms with van der Waals surface area (Å²) in [7, 11) is 1.56. The maximum Gasteiger partial charge on any atom is 0.270 e. The van der Waals surface area contributed by atoms with Crippen molar-refractivity contribution in [2.45, 2.75) is 6.92 Å². The van der Waals surface area contributed by atoms with Crippen molar-refractivity contribution in [1.82, 2.24) is 5.32 Å². The van der Waals surface area contributed by atoms with Gasteiger partial charge in [0.2, 0.25) is 0 Å². The largest absolute Gasteiger partial charge is 0.495 e. The molecule has 3 nitrogen and oxygen atoms in total. The third-order valence-corrected chi connectivity index (χ3v) is 2.69. The fourth-order valence-electron chi connectivity index (χ4n) is 1.61. The van der Waals surface area contributed by atoms with Crippen molar-refractivity contribution in [3.05, 3.63) is 46.5 Å². The Hall–Kier alpha value is -1.74.